The molecule has 0 saturated carbocycles. The number of nitrogens with one attached hydrogen (secondary N) is 1. The van der Waals surface area contributed by atoms with Crippen molar-refractivity contribution in [2.45, 2.75) is 26.4 Å². The zero-order valence-corrected chi connectivity index (χ0v) is 19.4. The molecule has 12 nitrogen and oxygen atoms in total. The topological polar surface area (TPSA) is 169 Å². The minimum atomic E-state index is -3.30. The van der Waals surface area contributed by atoms with Gasteiger partial charge in [-0.25, -0.2) is 8.42 Å². The molecule has 31 heavy (non-hydrogen) atoms. The van der Waals surface area contributed by atoms with Gasteiger partial charge in [-0.2, -0.15) is 0 Å². The van der Waals surface area contributed by atoms with E-state index in [4.69, 9.17) is 24.5 Å². The summed E-state index contributed by atoms with van der Waals surface area (Å²) in [5.74, 6) is -0.591. The predicted octanol–water partition coefficient (Wildman–Crippen LogP) is 0.301. The molecule has 1 unspecified atom stereocenters. The molecule has 182 valence electrons. The number of carbonyl (C=O) groups excluding carboxylic acids is 1. The molecule has 1 atom stereocenters. The highest BCUT2D eigenvalue weighted by Crippen LogP contribution is 2.20. The van der Waals surface area contributed by atoms with Gasteiger partial charge in [-0.05, 0) is 5.53 Å². The molecule has 0 aromatic rings. The minimum Gasteiger partial charge on any atom is -0.391 e. The number of aliphatic hydroxyl groups is 1. The normalized spacial score (nSPS) is 12.9. The van der Waals surface area contributed by atoms with Gasteiger partial charge in [0.15, 0.2) is 0 Å². The summed E-state index contributed by atoms with van der Waals surface area (Å²) in [6.45, 7) is 6.82. The van der Waals surface area contributed by atoms with Crippen molar-refractivity contribution in [2.24, 2.45) is 10.5 Å². The lowest BCUT2D eigenvalue weighted by Gasteiger charge is -2.30. The standard InChI is InChI=1S/C18H36N4O8S/c1-18(2,16(23)14-31(3,25)26)15-20-17(24)4-6-27-8-10-29-12-13-30-11-9-28-7-5-21-22-19/h16,23H,4-15H2,1-3H3,(H,20,24). The Kier molecular flexibility index (Phi) is 16.3. The first kappa shape index (κ1) is 29.5. The molecule has 0 spiro atoms. The zero-order valence-electron chi connectivity index (χ0n) is 18.6. The Labute approximate surface area is 184 Å². The summed E-state index contributed by atoms with van der Waals surface area (Å²) in [6.07, 6.45) is 0.143. The van der Waals surface area contributed by atoms with Gasteiger partial charge in [0, 0.05) is 36.1 Å². The van der Waals surface area contributed by atoms with Crippen LogP contribution >= 0.6 is 0 Å². The summed E-state index contributed by atoms with van der Waals surface area (Å²) in [5.41, 5.74) is 7.32. The smallest absolute Gasteiger partial charge is 0.222 e. The third-order valence-electron chi connectivity index (χ3n) is 4.09. The van der Waals surface area contributed by atoms with Gasteiger partial charge in [0.25, 0.3) is 0 Å². The molecule has 0 bridgehead atoms. The lowest BCUT2D eigenvalue weighted by molar-refractivity contribution is -0.123. The quantitative estimate of drug-likeness (QED) is 0.111. The molecule has 0 rings (SSSR count). The minimum absolute atomic E-state index is 0.154. The largest absolute Gasteiger partial charge is 0.391 e. The lowest BCUT2D eigenvalue weighted by atomic mass is 9.87. The van der Waals surface area contributed by atoms with Gasteiger partial charge in [0.1, 0.15) is 9.84 Å². The van der Waals surface area contributed by atoms with E-state index in [2.05, 4.69) is 15.3 Å². The first-order chi connectivity index (χ1) is 14.6. The Balaban J connectivity index is 3.57. The van der Waals surface area contributed by atoms with Crippen molar-refractivity contribution in [3.05, 3.63) is 10.4 Å². The van der Waals surface area contributed by atoms with Gasteiger partial charge in [-0.15, -0.1) is 0 Å². The van der Waals surface area contributed by atoms with Gasteiger partial charge in [0.2, 0.25) is 5.91 Å². The molecule has 0 fully saturated rings. The van der Waals surface area contributed by atoms with E-state index < -0.39 is 21.4 Å². The van der Waals surface area contributed by atoms with E-state index in [1.807, 2.05) is 0 Å². The van der Waals surface area contributed by atoms with Crippen LogP contribution in [0.15, 0.2) is 5.11 Å². The average molecular weight is 469 g/mol. The number of aliphatic hydroxyl groups excluding tert-OH is 1. The van der Waals surface area contributed by atoms with Crippen LogP contribution in [0.3, 0.4) is 0 Å². The third-order valence-corrected chi connectivity index (χ3v) is 5.01. The van der Waals surface area contributed by atoms with Gasteiger partial charge >= 0.3 is 0 Å². The summed E-state index contributed by atoms with van der Waals surface area (Å²) >= 11 is 0. The molecular weight excluding hydrogens is 432 g/mol. The molecule has 0 aromatic carbocycles. The van der Waals surface area contributed by atoms with Crippen molar-refractivity contribution < 1.29 is 37.3 Å². The van der Waals surface area contributed by atoms with Crippen LogP contribution in [0, 0.1) is 5.41 Å². The Bertz CT molecular complexity index is 638. The Hall–Kier alpha value is -1.47. The van der Waals surface area contributed by atoms with Crippen LogP contribution in [0.2, 0.25) is 0 Å². The number of hydrogen-bond acceptors (Lipinski definition) is 9. The highest BCUT2D eigenvalue weighted by Gasteiger charge is 2.30. The number of nitrogens with zero attached hydrogens (tertiary/aromatic N) is 3. The highest BCUT2D eigenvalue weighted by molar-refractivity contribution is 7.90. The van der Waals surface area contributed by atoms with Crippen molar-refractivity contribution in [1.29, 1.82) is 0 Å². The van der Waals surface area contributed by atoms with Gasteiger partial charge < -0.3 is 29.4 Å². The third kappa shape index (κ3) is 19.0. The molecule has 0 radical (unpaired) electrons. The summed E-state index contributed by atoms with van der Waals surface area (Å²) in [7, 11) is -3.30. The van der Waals surface area contributed by atoms with Crippen LogP contribution < -0.4 is 5.32 Å². The molecule has 2 N–H and O–H groups in total. The van der Waals surface area contributed by atoms with Crippen molar-refractivity contribution in [2.75, 3.05) is 78.0 Å². The SMILES string of the molecule is CC(C)(CNC(=O)CCOCCOCCOCCOCCN=[N+]=[N-])C(O)CS(C)(=O)=O. The second kappa shape index (κ2) is 17.1. The molecule has 0 aromatic heterocycles. The van der Waals surface area contributed by atoms with Crippen molar-refractivity contribution in [3.63, 3.8) is 0 Å². The Morgan fingerprint density at radius 2 is 1.52 bits per heavy atom. The fourth-order valence-electron chi connectivity index (χ4n) is 2.12. The molecule has 0 saturated heterocycles. The number of carbonyl (C=O) groups is 1. The summed E-state index contributed by atoms with van der Waals surface area (Å²) in [4.78, 5) is 14.5. The van der Waals surface area contributed by atoms with Gasteiger partial charge in [-0.1, -0.05) is 19.0 Å². The van der Waals surface area contributed by atoms with Crippen LogP contribution in [0.4, 0.5) is 0 Å². The fraction of sp³-hybridized carbons (Fsp3) is 0.944. The van der Waals surface area contributed by atoms with Crippen molar-refractivity contribution >= 4 is 15.7 Å². The van der Waals surface area contributed by atoms with E-state index in [0.717, 1.165) is 6.26 Å². The number of azide groups is 1. The molecule has 0 aliphatic rings. The molecule has 0 aliphatic heterocycles. The lowest BCUT2D eigenvalue weighted by Crippen LogP contribution is -2.44. The fourth-order valence-corrected chi connectivity index (χ4v) is 3.15. The second-order valence-electron chi connectivity index (χ2n) is 7.53. The van der Waals surface area contributed by atoms with E-state index >= 15 is 0 Å². The van der Waals surface area contributed by atoms with Crippen LogP contribution in [0.25, 0.3) is 10.4 Å². The number of ether oxygens (including phenoxy) is 4. The highest BCUT2D eigenvalue weighted by atomic mass is 32.2. The summed E-state index contributed by atoms with van der Waals surface area (Å²) < 4.78 is 43.7. The molecular formula is C18H36N4O8S. The van der Waals surface area contributed by atoms with Crippen molar-refractivity contribution in [3.8, 4) is 0 Å². The number of sulfone groups is 1. The van der Waals surface area contributed by atoms with Crippen molar-refractivity contribution in [1.82, 2.24) is 5.32 Å². The summed E-state index contributed by atoms with van der Waals surface area (Å²) in [5, 5.41) is 16.1. The average Bonchev–Trinajstić information content (AvgIpc) is 2.68. The maximum Gasteiger partial charge on any atom is 0.222 e. The van der Waals surface area contributed by atoms with Crippen LogP contribution in [0.5, 0.6) is 0 Å². The molecule has 0 heterocycles. The van der Waals surface area contributed by atoms with E-state index in [-0.39, 0.29) is 31.2 Å². The first-order valence-corrected chi connectivity index (χ1v) is 12.1. The Morgan fingerprint density at radius 1 is 1.03 bits per heavy atom. The molecule has 0 aliphatic carbocycles. The zero-order chi connectivity index (χ0) is 23.6. The van der Waals surface area contributed by atoms with E-state index in [1.165, 1.54) is 0 Å². The maximum atomic E-state index is 11.9. The number of rotatable bonds is 20. The van der Waals surface area contributed by atoms with Crippen LogP contribution in [-0.4, -0.2) is 103 Å². The van der Waals surface area contributed by atoms with E-state index in [9.17, 15) is 18.3 Å². The predicted molar refractivity (Wildman–Crippen MR) is 114 cm³/mol. The van der Waals surface area contributed by atoms with Gasteiger partial charge in [0.05, 0.1) is 64.7 Å². The number of amides is 1. The van der Waals surface area contributed by atoms with Crippen LogP contribution in [0.1, 0.15) is 20.3 Å². The first-order valence-electron chi connectivity index (χ1n) is 10.0. The maximum absolute atomic E-state index is 11.9. The van der Waals surface area contributed by atoms with E-state index in [1.54, 1.807) is 13.8 Å². The molecule has 13 heteroatoms. The Morgan fingerprint density at radius 3 is 2.00 bits per heavy atom. The van der Waals surface area contributed by atoms with Gasteiger partial charge in [-0.3, -0.25) is 4.79 Å². The molecule has 1 amide bonds. The monoisotopic (exact) mass is 468 g/mol. The summed E-state index contributed by atoms with van der Waals surface area (Å²) in [6, 6.07) is 0. The van der Waals surface area contributed by atoms with Crippen LogP contribution in [-0.2, 0) is 33.6 Å². The van der Waals surface area contributed by atoms with E-state index in [0.29, 0.717) is 52.8 Å². The second-order valence-corrected chi connectivity index (χ2v) is 9.71. The number of hydrogen-bond donors (Lipinski definition) is 2.